The third-order valence-corrected chi connectivity index (χ3v) is 7.45. The Bertz CT molecular complexity index is 1000. The van der Waals surface area contributed by atoms with E-state index in [9.17, 15) is 19.7 Å². The van der Waals surface area contributed by atoms with Gasteiger partial charge in [-0.1, -0.05) is 6.07 Å². The molecule has 0 aliphatic carbocycles. The van der Waals surface area contributed by atoms with E-state index < -0.39 is 4.92 Å². The number of hydrogen-bond acceptors (Lipinski definition) is 6. The van der Waals surface area contributed by atoms with Crippen molar-refractivity contribution in [3.63, 3.8) is 0 Å². The largest absolute Gasteiger partial charge is 0.497 e. The zero-order valence-corrected chi connectivity index (χ0v) is 18.0. The van der Waals surface area contributed by atoms with Gasteiger partial charge in [0.15, 0.2) is 0 Å². The van der Waals surface area contributed by atoms with E-state index >= 15 is 0 Å². The SMILES string of the molecule is COc1ccc(C(=O)N2CCC3(CC2)SCCN3C(=O)c2cccc([N+](=O)[O-])c2)cc1. The number of hydrogen-bond donors (Lipinski definition) is 0. The molecular weight excluding hydrogens is 418 g/mol. The van der Waals surface area contributed by atoms with Gasteiger partial charge in [0.25, 0.3) is 17.5 Å². The van der Waals surface area contributed by atoms with Crippen molar-refractivity contribution in [1.29, 1.82) is 0 Å². The van der Waals surface area contributed by atoms with Gasteiger partial charge < -0.3 is 14.5 Å². The number of ether oxygens (including phenoxy) is 1. The molecule has 2 aliphatic heterocycles. The average Bonchev–Trinajstić information content (AvgIpc) is 3.21. The van der Waals surface area contributed by atoms with E-state index in [1.165, 1.54) is 18.2 Å². The number of nitrogens with zero attached hydrogens (tertiary/aromatic N) is 3. The van der Waals surface area contributed by atoms with E-state index in [0.717, 1.165) is 5.75 Å². The van der Waals surface area contributed by atoms with Crippen LogP contribution in [0.25, 0.3) is 0 Å². The fourth-order valence-corrected chi connectivity index (χ4v) is 5.65. The highest BCUT2D eigenvalue weighted by Crippen LogP contribution is 2.44. The number of nitro groups is 1. The van der Waals surface area contributed by atoms with E-state index in [1.807, 2.05) is 9.80 Å². The van der Waals surface area contributed by atoms with Crippen LogP contribution in [-0.4, -0.2) is 63.9 Å². The minimum atomic E-state index is -0.492. The number of piperidine rings is 1. The van der Waals surface area contributed by atoms with Crippen LogP contribution in [0.1, 0.15) is 33.6 Å². The molecule has 4 rings (SSSR count). The summed E-state index contributed by atoms with van der Waals surface area (Å²) in [6.45, 7) is 1.70. The highest BCUT2D eigenvalue weighted by molar-refractivity contribution is 8.00. The molecule has 1 spiro atoms. The molecule has 2 saturated heterocycles. The maximum absolute atomic E-state index is 13.2. The standard InChI is InChI=1S/C22H23N3O5S/c1-30-19-7-5-16(6-8-19)20(26)23-11-9-22(10-12-23)24(13-14-31-22)21(27)17-3-2-4-18(15-17)25(28)29/h2-8,15H,9-14H2,1H3. The zero-order chi connectivity index (χ0) is 22.0. The van der Waals surface area contributed by atoms with E-state index in [2.05, 4.69) is 0 Å². The lowest BCUT2D eigenvalue weighted by Gasteiger charge is -2.44. The molecule has 2 aromatic rings. The number of non-ortho nitro benzene ring substituents is 1. The molecule has 2 aliphatic rings. The summed E-state index contributed by atoms with van der Waals surface area (Å²) in [5.41, 5.74) is 0.847. The number of thioether (sulfide) groups is 1. The van der Waals surface area contributed by atoms with Crippen molar-refractivity contribution < 1.29 is 19.2 Å². The summed E-state index contributed by atoms with van der Waals surface area (Å²) in [4.78, 5) is 39.9. The van der Waals surface area contributed by atoms with Gasteiger partial charge >= 0.3 is 0 Å². The first-order valence-corrected chi connectivity index (χ1v) is 11.1. The first-order valence-electron chi connectivity index (χ1n) is 10.1. The number of benzene rings is 2. The second kappa shape index (κ2) is 8.58. The maximum Gasteiger partial charge on any atom is 0.270 e. The summed E-state index contributed by atoms with van der Waals surface area (Å²) in [7, 11) is 1.58. The predicted octanol–water partition coefficient (Wildman–Crippen LogP) is 3.42. The Morgan fingerprint density at radius 1 is 1.03 bits per heavy atom. The van der Waals surface area contributed by atoms with E-state index in [1.54, 1.807) is 49.2 Å². The molecule has 2 aromatic carbocycles. The smallest absolute Gasteiger partial charge is 0.270 e. The predicted molar refractivity (Wildman–Crippen MR) is 117 cm³/mol. The van der Waals surface area contributed by atoms with E-state index in [4.69, 9.17) is 4.74 Å². The van der Waals surface area contributed by atoms with Crippen LogP contribution in [0.3, 0.4) is 0 Å². The molecule has 0 unspecified atom stereocenters. The third kappa shape index (κ3) is 4.10. The number of rotatable bonds is 4. The lowest BCUT2D eigenvalue weighted by Crippen LogP contribution is -2.53. The molecule has 162 valence electrons. The third-order valence-electron chi connectivity index (χ3n) is 5.90. The summed E-state index contributed by atoms with van der Waals surface area (Å²) in [5.74, 6) is 1.29. The molecular formula is C22H23N3O5S. The van der Waals surface area contributed by atoms with Gasteiger partial charge in [-0.25, -0.2) is 0 Å². The lowest BCUT2D eigenvalue weighted by atomic mass is 10.00. The molecule has 9 heteroatoms. The van der Waals surface area contributed by atoms with Crippen LogP contribution < -0.4 is 4.74 Å². The van der Waals surface area contributed by atoms with Crippen molar-refractivity contribution in [1.82, 2.24) is 9.80 Å². The van der Waals surface area contributed by atoms with E-state index in [0.29, 0.717) is 49.4 Å². The van der Waals surface area contributed by atoms with Crippen LogP contribution in [0.5, 0.6) is 5.75 Å². The van der Waals surface area contributed by atoms with Crippen molar-refractivity contribution in [3.8, 4) is 5.75 Å². The van der Waals surface area contributed by atoms with Crippen LogP contribution in [0.15, 0.2) is 48.5 Å². The van der Waals surface area contributed by atoms with Crippen LogP contribution in [0.4, 0.5) is 5.69 Å². The fourth-order valence-electron chi connectivity index (χ4n) is 4.19. The van der Waals surface area contributed by atoms with Crippen molar-refractivity contribution in [2.45, 2.75) is 17.7 Å². The summed E-state index contributed by atoms with van der Waals surface area (Å²) >= 11 is 1.74. The Morgan fingerprint density at radius 3 is 2.39 bits per heavy atom. The number of likely N-dealkylation sites (tertiary alicyclic amines) is 1. The molecule has 2 fully saturated rings. The van der Waals surface area contributed by atoms with Gasteiger partial charge in [-0.2, -0.15) is 0 Å². The normalized spacial score (nSPS) is 17.6. The van der Waals surface area contributed by atoms with E-state index in [-0.39, 0.29) is 22.4 Å². The molecule has 0 N–H and O–H groups in total. The van der Waals surface area contributed by atoms with Gasteiger partial charge in [0.1, 0.15) is 5.75 Å². The molecule has 0 radical (unpaired) electrons. The molecule has 0 saturated carbocycles. The number of methoxy groups -OCH3 is 1. The Kier molecular flexibility index (Phi) is 5.86. The van der Waals surface area contributed by atoms with Gasteiger partial charge in [0.2, 0.25) is 0 Å². The Labute approximate surface area is 184 Å². The minimum absolute atomic E-state index is 0.0305. The Hall–Kier alpha value is -3.07. The van der Waals surface area contributed by atoms with Gasteiger partial charge in [-0.3, -0.25) is 19.7 Å². The lowest BCUT2D eigenvalue weighted by molar-refractivity contribution is -0.384. The highest BCUT2D eigenvalue weighted by atomic mass is 32.2. The van der Waals surface area contributed by atoms with Crippen molar-refractivity contribution in [3.05, 3.63) is 69.8 Å². The van der Waals surface area contributed by atoms with Gasteiger partial charge in [0, 0.05) is 48.6 Å². The van der Waals surface area contributed by atoms with Crippen LogP contribution >= 0.6 is 11.8 Å². The Balaban J connectivity index is 1.46. The Morgan fingerprint density at radius 2 is 1.74 bits per heavy atom. The maximum atomic E-state index is 13.2. The molecule has 0 aromatic heterocycles. The summed E-state index contributed by atoms with van der Waals surface area (Å²) < 4.78 is 5.15. The minimum Gasteiger partial charge on any atom is -0.497 e. The van der Waals surface area contributed by atoms with Crippen molar-refractivity contribution in [2.24, 2.45) is 0 Å². The second-order valence-corrected chi connectivity index (χ2v) is 9.04. The number of nitro benzene ring substituents is 1. The topological polar surface area (TPSA) is 93.0 Å². The number of amides is 2. The second-order valence-electron chi connectivity index (χ2n) is 7.58. The monoisotopic (exact) mass is 441 g/mol. The molecule has 2 amide bonds. The molecule has 0 bridgehead atoms. The van der Waals surface area contributed by atoms with Crippen LogP contribution in [0.2, 0.25) is 0 Å². The highest BCUT2D eigenvalue weighted by Gasteiger charge is 2.47. The average molecular weight is 442 g/mol. The molecule has 8 nitrogen and oxygen atoms in total. The molecule has 31 heavy (non-hydrogen) atoms. The summed E-state index contributed by atoms with van der Waals surface area (Å²) in [5, 5.41) is 11.1. The summed E-state index contributed by atoms with van der Waals surface area (Å²) in [6.07, 6.45) is 1.33. The first kappa shape index (κ1) is 21.2. The van der Waals surface area contributed by atoms with Gasteiger partial charge in [0.05, 0.1) is 16.9 Å². The number of carbonyl (C=O) groups excluding carboxylic acids is 2. The first-order chi connectivity index (χ1) is 14.9. The van der Waals surface area contributed by atoms with Gasteiger partial charge in [-0.15, -0.1) is 11.8 Å². The van der Waals surface area contributed by atoms with Crippen LogP contribution in [-0.2, 0) is 0 Å². The molecule has 2 heterocycles. The quantitative estimate of drug-likeness (QED) is 0.533. The van der Waals surface area contributed by atoms with Gasteiger partial charge in [-0.05, 0) is 43.2 Å². The van der Waals surface area contributed by atoms with Crippen molar-refractivity contribution in [2.75, 3.05) is 32.5 Å². The zero-order valence-electron chi connectivity index (χ0n) is 17.2. The number of carbonyl (C=O) groups is 2. The molecule has 0 atom stereocenters. The van der Waals surface area contributed by atoms with Crippen molar-refractivity contribution >= 4 is 29.3 Å². The summed E-state index contributed by atoms with van der Waals surface area (Å²) in [6, 6.07) is 12.9. The van der Waals surface area contributed by atoms with Crippen LogP contribution in [0, 0.1) is 10.1 Å². The fraction of sp³-hybridized carbons (Fsp3) is 0.364.